The highest BCUT2D eigenvalue weighted by molar-refractivity contribution is 7.09. The van der Waals surface area contributed by atoms with Crippen LogP contribution in [-0.4, -0.2) is 37.1 Å². The Bertz CT molecular complexity index is 383. The zero-order valence-electron chi connectivity index (χ0n) is 12.8. The number of rotatable bonds is 9. The first kappa shape index (κ1) is 14.6. The van der Waals surface area contributed by atoms with E-state index in [1.807, 2.05) is 11.3 Å². The largest absolute Gasteiger partial charge is 0.312 e. The number of nitrogens with zero attached hydrogens (tertiary/aromatic N) is 1. The first-order chi connectivity index (χ1) is 9.74. The molecule has 1 unspecified atom stereocenters. The minimum Gasteiger partial charge on any atom is -0.312 e. The molecular formula is C17H28N2S. The molecular weight excluding hydrogens is 264 g/mol. The molecule has 1 atom stereocenters. The van der Waals surface area contributed by atoms with E-state index in [1.165, 1.54) is 43.5 Å². The second kappa shape index (κ2) is 6.59. The van der Waals surface area contributed by atoms with Gasteiger partial charge in [0.15, 0.2) is 0 Å². The molecule has 1 heterocycles. The van der Waals surface area contributed by atoms with Crippen LogP contribution in [0.15, 0.2) is 17.5 Å². The van der Waals surface area contributed by atoms with E-state index in [9.17, 15) is 0 Å². The number of nitrogens with one attached hydrogen (secondary N) is 1. The van der Waals surface area contributed by atoms with Gasteiger partial charge in [-0.05, 0) is 69.4 Å². The Morgan fingerprint density at radius 1 is 1.30 bits per heavy atom. The fraction of sp³-hybridized carbons (Fsp3) is 0.765. The summed E-state index contributed by atoms with van der Waals surface area (Å²) in [5.74, 6) is 2.02. The van der Waals surface area contributed by atoms with E-state index in [0.717, 1.165) is 24.4 Å². The Balaban J connectivity index is 1.36. The predicted molar refractivity (Wildman–Crippen MR) is 87.4 cm³/mol. The highest BCUT2D eigenvalue weighted by Gasteiger charge is 2.40. The van der Waals surface area contributed by atoms with Crippen molar-refractivity contribution in [2.45, 2.75) is 51.1 Å². The molecule has 0 saturated heterocycles. The molecule has 0 radical (unpaired) electrons. The molecule has 1 N–H and O–H groups in total. The molecule has 0 bridgehead atoms. The lowest BCUT2D eigenvalue weighted by molar-refractivity contribution is 0.248. The summed E-state index contributed by atoms with van der Waals surface area (Å²) < 4.78 is 0. The predicted octanol–water partition coefficient (Wildman–Crippen LogP) is 3.39. The van der Waals surface area contributed by atoms with Gasteiger partial charge in [-0.2, -0.15) is 0 Å². The molecule has 112 valence electrons. The van der Waals surface area contributed by atoms with Crippen molar-refractivity contribution in [1.82, 2.24) is 10.2 Å². The summed E-state index contributed by atoms with van der Waals surface area (Å²) in [6.07, 6.45) is 7.07. The smallest absolute Gasteiger partial charge is 0.0124 e. The van der Waals surface area contributed by atoms with E-state index in [2.05, 4.69) is 41.7 Å². The quantitative estimate of drug-likeness (QED) is 0.750. The molecule has 1 aromatic heterocycles. The number of likely N-dealkylation sites (N-methyl/N-ethyl adjacent to an activating group) is 1. The van der Waals surface area contributed by atoms with Crippen LogP contribution in [0.3, 0.4) is 0 Å². The number of hydrogen-bond donors (Lipinski definition) is 1. The maximum Gasteiger partial charge on any atom is 0.0124 e. The molecule has 0 aromatic carbocycles. The van der Waals surface area contributed by atoms with E-state index in [-0.39, 0.29) is 0 Å². The van der Waals surface area contributed by atoms with Crippen molar-refractivity contribution in [3.8, 4) is 0 Å². The molecule has 3 heteroatoms. The molecule has 20 heavy (non-hydrogen) atoms. The van der Waals surface area contributed by atoms with Crippen LogP contribution >= 0.6 is 11.3 Å². The topological polar surface area (TPSA) is 15.3 Å². The molecule has 0 aliphatic heterocycles. The van der Waals surface area contributed by atoms with Crippen molar-refractivity contribution in [3.05, 3.63) is 22.4 Å². The van der Waals surface area contributed by atoms with Crippen molar-refractivity contribution in [2.24, 2.45) is 11.8 Å². The Morgan fingerprint density at radius 2 is 2.00 bits per heavy atom. The molecule has 1 aromatic rings. The highest BCUT2D eigenvalue weighted by atomic mass is 32.1. The molecule has 0 spiro atoms. The normalized spacial score (nSPS) is 20.8. The van der Waals surface area contributed by atoms with Crippen LogP contribution in [0.25, 0.3) is 0 Å². The van der Waals surface area contributed by atoms with Crippen molar-refractivity contribution in [3.63, 3.8) is 0 Å². The van der Waals surface area contributed by atoms with Crippen molar-refractivity contribution in [1.29, 1.82) is 0 Å². The van der Waals surface area contributed by atoms with Crippen molar-refractivity contribution < 1.29 is 0 Å². The average molecular weight is 292 g/mol. The fourth-order valence-electron chi connectivity index (χ4n) is 3.13. The molecule has 2 aliphatic carbocycles. The summed E-state index contributed by atoms with van der Waals surface area (Å²) in [5, 5.41) is 6.03. The van der Waals surface area contributed by atoms with Gasteiger partial charge in [0.25, 0.3) is 0 Å². The molecule has 2 nitrogen and oxygen atoms in total. The van der Waals surface area contributed by atoms with Gasteiger partial charge in [0.2, 0.25) is 0 Å². The zero-order chi connectivity index (χ0) is 13.9. The summed E-state index contributed by atoms with van der Waals surface area (Å²) in [5.41, 5.74) is 0. The first-order valence-corrected chi connectivity index (χ1v) is 9.08. The third-order valence-corrected chi connectivity index (χ3v) is 5.83. The van der Waals surface area contributed by atoms with E-state index in [4.69, 9.17) is 0 Å². The van der Waals surface area contributed by atoms with Crippen LogP contribution in [0.4, 0.5) is 0 Å². The Labute approximate surface area is 127 Å². The van der Waals surface area contributed by atoms with Gasteiger partial charge < -0.3 is 10.2 Å². The molecule has 2 aliphatic rings. The lowest BCUT2D eigenvalue weighted by Gasteiger charge is -2.26. The van der Waals surface area contributed by atoms with Crippen molar-refractivity contribution in [2.75, 3.05) is 20.1 Å². The average Bonchev–Trinajstić information content (AvgIpc) is 3.36. The Kier molecular flexibility index (Phi) is 4.79. The third kappa shape index (κ3) is 4.06. The third-order valence-electron chi connectivity index (χ3n) is 4.93. The summed E-state index contributed by atoms with van der Waals surface area (Å²) in [6, 6.07) is 5.89. The van der Waals surface area contributed by atoms with Gasteiger partial charge in [0.1, 0.15) is 0 Å². The summed E-state index contributed by atoms with van der Waals surface area (Å²) in [4.78, 5) is 4.01. The van der Waals surface area contributed by atoms with E-state index < -0.39 is 0 Å². The van der Waals surface area contributed by atoms with Crippen LogP contribution < -0.4 is 5.32 Å². The van der Waals surface area contributed by atoms with Crippen LogP contribution in [0.5, 0.6) is 0 Å². The minimum absolute atomic E-state index is 0.635. The minimum atomic E-state index is 0.635. The Morgan fingerprint density at radius 3 is 2.55 bits per heavy atom. The molecule has 2 fully saturated rings. The van der Waals surface area contributed by atoms with Gasteiger partial charge in [0.05, 0.1) is 0 Å². The van der Waals surface area contributed by atoms with Crippen LogP contribution in [-0.2, 0) is 6.42 Å². The van der Waals surface area contributed by atoms with Gasteiger partial charge >= 0.3 is 0 Å². The van der Waals surface area contributed by atoms with Crippen LogP contribution in [0.2, 0.25) is 0 Å². The first-order valence-electron chi connectivity index (χ1n) is 8.20. The summed E-state index contributed by atoms with van der Waals surface area (Å²) in [7, 11) is 2.27. The van der Waals surface area contributed by atoms with Gasteiger partial charge in [-0.25, -0.2) is 0 Å². The summed E-state index contributed by atoms with van der Waals surface area (Å²) in [6.45, 7) is 4.67. The zero-order valence-corrected chi connectivity index (χ0v) is 13.7. The lowest BCUT2D eigenvalue weighted by Crippen LogP contribution is -2.41. The monoisotopic (exact) mass is 292 g/mol. The number of thiophene rings is 1. The van der Waals surface area contributed by atoms with Gasteiger partial charge in [-0.3, -0.25) is 0 Å². The molecule has 3 rings (SSSR count). The second-order valence-corrected chi connectivity index (χ2v) is 7.80. The molecule has 2 saturated carbocycles. The maximum atomic E-state index is 3.85. The highest BCUT2D eigenvalue weighted by Crippen LogP contribution is 2.44. The van der Waals surface area contributed by atoms with E-state index in [1.54, 1.807) is 0 Å². The number of hydrogen-bond acceptors (Lipinski definition) is 3. The van der Waals surface area contributed by atoms with Gasteiger partial charge in [-0.1, -0.05) is 6.07 Å². The standard InChI is InChI=1S/C17H28N2S/c1-13(12-16-4-3-11-20-16)19(2)10-9-18-17(14-5-6-14)15-7-8-15/h3-4,11,13-15,17-18H,5-10,12H2,1-2H3. The van der Waals surface area contributed by atoms with E-state index in [0.29, 0.717) is 6.04 Å². The van der Waals surface area contributed by atoms with Crippen LogP contribution in [0, 0.1) is 11.8 Å². The lowest BCUT2D eigenvalue weighted by atomic mass is 10.1. The van der Waals surface area contributed by atoms with Gasteiger partial charge in [0, 0.05) is 30.1 Å². The Hall–Kier alpha value is -0.380. The molecule has 0 amide bonds. The van der Waals surface area contributed by atoms with Crippen molar-refractivity contribution >= 4 is 11.3 Å². The van der Waals surface area contributed by atoms with Crippen LogP contribution in [0.1, 0.15) is 37.5 Å². The van der Waals surface area contributed by atoms with Gasteiger partial charge in [-0.15, -0.1) is 11.3 Å². The fourth-order valence-corrected chi connectivity index (χ4v) is 3.96. The summed E-state index contributed by atoms with van der Waals surface area (Å²) >= 11 is 1.88. The maximum absolute atomic E-state index is 3.85. The SMILES string of the molecule is CC(Cc1cccs1)N(C)CCNC(C1CC1)C1CC1. The second-order valence-electron chi connectivity index (χ2n) is 6.77. The van der Waals surface area contributed by atoms with E-state index >= 15 is 0 Å².